The van der Waals surface area contributed by atoms with Crippen molar-refractivity contribution in [2.24, 2.45) is 12.0 Å². The fraction of sp³-hybridized carbons (Fsp3) is 0.368. The molecule has 8 nitrogen and oxygen atoms in total. The van der Waals surface area contributed by atoms with Gasteiger partial charge in [-0.1, -0.05) is 30.3 Å². The number of nitrogens with zero attached hydrogens (tertiary/aromatic N) is 5. The molecule has 2 aromatic heterocycles. The molecule has 27 heavy (non-hydrogen) atoms. The van der Waals surface area contributed by atoms with E-state index < -0.39 is 0 Å². The van der Waals surface area contributed by atoms with E-state index >= 15 is 0 Å². The summed E-state index contributed by atoms with van der Waals surface area (Å²) in [5.41, 5.74) is 2.04. The van der Waals surface area contributed by atoms with Gasteiger partial charge >= 0.3 is 0 Å². The molecule has 0 spiro atoms. The number of hydrogen-bond donors (Lipinski definition) is 2. The van der Waals surface area contributed by atoms with E-state index in [1.165, 1.54) is 0 Å². The lowest BCUT2D eigenvalue weighted by molar-refractivity contribution is 0.463. The Morgan fingerprint density at radius 2 is 1.81 bits per heavy atom. The van der Waals surface area contributed by atoms with Crippen LogP contribution in [0.3, 0.4) is 0 Å². The number of oxazole rings is 1. The molecule has 0 bridgehead atoms. The highest BCUT2D eigenvalue weighted by Gasteiger charge is 2.09. The Bertz CT molecular complexity index is 892. The minimum Gasteiger partial charge on any atom is -0.444 e. The lowest BCUT2D eigenvalue weighted by Gasteiger charge is -2.11. The fourth-order valence-corrected chi connectivity index (χ4v) is 2.47. The average Bonchev–Trinajstić information content (AvgIpc) is 3.17. The topological polar surface area (TPSA) is 93.2 Å². The number of nitrogens with one attached hydrogen (secondary N) is 2. The summed E-state index contributed by atoms with van der Waals surface area (Å²) in [5, 5.41) is 14.8. The van der Waals surface area contributed by atoms with Crippen molar-refractivity contribution in [1.82, 2.24) is 30.4 Å². The molecule has 8 heteroatoms. The van der Waals surface area contributed by atoms with Crippen molar-refractivity contribution in [3.8, 4) is 0 Å². The maximum Gasteiger partial charge on any atom is 0.214 e. The van der Waals surface area contributed by atoms with Crippen molar-refractivity contribution < 1.29 is 4.42 Å². The van der Waals surface area contributed by atoms with Gasteiger partial charge < -0.3 is 19.6 Å². The van der Waals surface area contributed by atoms with E-state index in [0.29, 0.717) is 31.5 Å². The Morgan fingerprint density at radius 1 is 1.07 bits per heavy atom. The Morgan fingerprint density at radius 3 is 2.44 bits per heavy atom. The molecule has 3 rings (SSSR count). The van der Waals surface area contributed by atoms with Gasteiger partial charge in [0.1, 0.15) is 11.6 Å². The van der Waals surface area contributed by atoms with E-state index in [2.05, 4.69) is 30.8 Å². The molecule has 0 amide bonds. The Labute approximate surface area is 158 Å². The monoisotopic (exact) mass is 367 g/mol. The van der Waals surface area contributed by atoms with Crippen LogP contribution in [0.4, 0.5) is 0 Å². The van der Waals surface area contributed by atoms with Crippen LogP contribution in [0, 0.1) is 20.8 Å². The minimum absolute atomic E-state index is 0.452. The van der Waals surface area contributed by atoms with Crippen molar-refractivity contribution in [1.29, 1.82) is 0 Å². The number of guanidine groups is 1. The van der Waals surface area contributed by atoms with Gasteiger partial charge in [0, 0.05) is 7.05 Å². The first-order valence-electron chi connectivity index (χ1n) is 8.87. The third-order valence-corrected chi connectivity index (χ3v) is 4.34. The molecule has 3 aromatic rings. The summed E-state index contributed by atoms with van der Waals surface area (Å²) in [4.78, 5) is 9.06. The van der Waals surface area contributed by atoms with Crippen LogP contribution in [0.15, 0.2) is 39.7 Å². The fourth-order valence-electron chi connectivity index (χ4n) is 2.47. The van der Waals surface area contributed by atoms with E-state index in [4.69, 9.17) is 4.42 Å². The molecule has 0 fully saturated rings. The van der Waals surface area contributed by atoms with Crippen LogP contribution >= 0.6 is 0 Å². The zero-order chi connectivity index (χ0) is 19.2. The molecule has 0 atom stereocenters. The largest absolute Gasteiger partial charge is 0.444 e. The summed E-state index contributed by atoms with van der Waals surface area (Å²) in [6.07, 6.45) is 0. The standard InChI is InChI=1S/C19H25N7O/c1-13-14(2)27-18(23-13)12-22-19(20-10-16-8-6-5-7-9-16)21-11-17-25-24-15(3)26(17)4/h5-9H,10-12H2,1-4H3,(H2,20,21,22). The maximum absolute atomic E-state index is 5.63. The van der Waals surface area contributed by atoms with Gasteiger partial charge in [-0.25, -0.2) is 9.98 Å². The number of aryl methyl sites for hydroxylation is 3. The number of aliphatic imine (C=N–C) groups is 1. The van der Waals surface area contributed by atoms with Gasteiger partial charge in [0.25, 0.3) is 0 Å². The molecule has 0 unspecified atom stereocenters. The minimum atomic E-state index is 0.452. The molecule has 0 aliphatic carbocycles. The van der Waals surface area contributed by atoms with Crippen LogP contribution in [-0.4, -0.2) is 25.7 Å². The highest BCUT2D eigenvalue weighted by Crippen LogP contribution is 2.08. The van der Waals surface area contributed by atoms with Crippen molar-refractivity contribution in [2.75, 3.05) is 0 Å². The molecule has 2 heterocycles. The van der Waals surface area contributed by atoms with E-state index in [1.54, 1.807) is 0 Å². The first kappa shape index (κ1) is 18.6. The first-order chi connectivity index (χ1) is 13.0. The second-order valence-electron chi connectivity index (χ2n) is 6.33. The number of hydrogen-bond acceptors (Lipinski definition) is 5. The van der Waals surface area contributed by atoms with Crippen LogP contribution in [0.2, 0.25) is 0 Å². The van der Waals surface area contributed by atoms with Crippen molar-refractivity contribution in [2.45, 2.75) is 40.4 Å². The predicted molar refractivity (Wildman–Crippen MR) is 103 cm³/mol. The maximum atomic E-state index is 5.63. The van der Waals surface area contributed by atoms with Gasteiger partial charge in [-0.2, -0.15) is 0 Å². The average molecular weight is 367 g/mol. The lowest BCUT2D eigenvalue weighted by atomic mass is 10.2. The molecule has 0 saturated heterocycles. The van der Waals surface area contributed by atoms with Gasteiger partial charge in [-0.05, 0) is 26.3 Å². The first-order valence-corrected chi connectivity index (χ1v) is 8.87. The lowest BCUT2D eigenvalue weighted by Crippen LogP contribution is -2.37. The SMILES string of the molecule is Cc1nc(CNC(=NCc2ccccc2)NCc2nnc(C)n2C)oc1C. The van der Waals surface area contributed by atoms with Crippen LogP contribution in [0.5, 0.6) is 0 Å². The molecule has 0 saturated carbocycles. The van der Waals surface area contributed by atoms with Crippen LogP contribution < -0.4 is 10.6 Å². The molecule has 0 radical (unpaired) electrons. The smallest absolute Gasteiger partial charge is 0.214 e. The molecule has 142 valence electrons. The van der Waals surface area contributed by atoms with Gasteiger partial charge in [-0.3, -0.25) is 0 Å². The van der Waals surface area contributed by atoms with Crippen LogP contribution in [0.1, 0.15) is 34.6 Å². The van der Waals surface area contributed by atoms with Gasteiger partial charge in [0.2, 0.25) is 5.89 Å². The molecule has 1 aromatic carbocycles. The molecule has 2 N–H and O–H groups in total. The van der Waals surface area contributed by atoms with E-state index in [0.717, 1.165) is 28.7 Å². The zero-order valence-corrected chi connectivity index (χ0v) is 16.2. The summed E-state index contributed by atoms with van der Waals surface area (Å²) in [5.74, 6) is 3.83. The summed E-state index contributed by atoms with van der Waals surface area (Å²) in [6, 6.07) is 10.1. The third-order valence-electron chi connectivity index (χ3n) is 4.34. The van der Waals surface area contributed by atoms with Crippen LogP contribution in [-0.2, 0) is 26.7 Å². The summed E-state index contributed by atoms with van der Waals surface area (Å²) >= 11 is 0. The number of aromatic nitrogens is 4. The summed E-state index contributed by atoms with van der Waals surface area (Å²) < 4.78 is 7.58. The number of benzene rings is 1. The van der Waals surface area contributed by atoms with E-state index in [9.17, 15) is 0 Å². The third kappa shape index (κ3) is 4.93. The molecular weight excluding hydrogens is 342 g/mol. The second-order valence-corrected chi connectivity index (χ2v) is 6.33. The Kier molecular flexibility index (Phi) is 5.85. The predicted octanol–water partition coefficient (Wildman–Crippen LogP) is 2.16. The van der Waals surface area contributed by atoms with Crippen LogP contribution in [0.25, 0.3) is 0 Å². The highest BCUT2D eigenvalue weighted by molar-refractivity contribution is 5.79. The van der Waals surface area contributed by atoms with Crippen molar-refractivity contribution in [3.63, 3.8) is 0 Å². The van der Waals surface area contributed by atoms with Crippen molar-refractivity contribution in [3.05, 3.63) is 64.9 Å². The zero-order valence-electron chi connectivity index (χ0n) is 16.2. The second kappa shape index (κ2) is 8.48. The van der Waals surface area contributed by atoms with Gasteiger partial charge in [0.05, 0.1) is 25.3 Å². The number of rotatable bonds is 6. The van der Waals surface area contributed by atoms with Gasteiger partial charge in [-0.15, -0.1) is 10.2 Å². The Balaban J connectivity index is 1.68. The molecule has 0 aliphatic rings. The highest BCUT2D eigenvalue weighted by atomic mass is 16.4. The quantitative estimate of drug-likeness (QED) is 0.512. The summed E-state index contributed by atoms with van der Waals surface area (Å²) in [6.45, 7) is 7.30. The van der Waals surface area contributed by atoms with E-state index in [1.807, 2.05) is 62.7 Å². The van der Waals surface area contributed by atoms with E-state index in [-0.39, 0.29) is 0 Å². The summed E-state index contributed by atoms with van der Waals surface area (Å²) in [7, 11) is 1.94. The normalized spacial score (nSPS) is 11.6. The Hall–Kier alpha value is -3.16. The molecule has 0 aliphatic heterocycles. The molecular formula is C19H25N7O. The van der Waals surface area contributed by atoms with Gasteiger partial charge in [0.15, 0.2) is 11.8 Å². The van der Waals surface area contributed by atoms with Crippen molar-refractivity contribution >= 4 is 5.96 Å².